The Kier molecular flexibility index (Phi) is 11.6. The van der Waals surface area contributed by atoms with Crippen molar-refractivity contribution in [3.8, 4) is 0 Å². The summed E-state index contributed by atoms with van der Waals surface area (Å²) >= 11 is 0. The van der Waals surface area contributed by atoms with E-state index in [0.717, 1.165) is 49.9 Å². The Morgan fingerprint density at radius 3 is 1.04 bits per heavy atom. The van der Waals surface area contributed by atoms with Crippen LogP contribution in [0.5, 0.6) is 0 Å². The van der Waals surface area contributed by atoms with Crippen LogP contribution < -0.4 is 11.5 Å². The van der Waals surface area contributed by atoms with Gasteiger partial charge in [-0.2, -0.15) is 0 Å². The first kappa shape index (κ1) is 33.8. The Labute approximate surface area is 293 Å². The van der Waals surface area contributed by atoms with Crippen LogP contribution in [0.3, 0.4) is 0 Å². The van der Waals surface area contributed by atoms with Crippen LogP contribution in [0.2, 0.25) is 0 Å². The van der Waals surface area contributed by atoms with Gasteiger partial charge in [0.05, 0.1) is 0 Å². The summed E-state index contributed by atoms with van der Waals surface area (Å²) in [6.07, 6.45) is 11.0. The van der Waals surface area contributed by atoms with Gasteiger partial charge in [0.15, 0.2) is 0 Å². The van der Waals surface area contributed by atoms with Crippen molar-refractivity contribution in [3.05, 3.63) is 201 Å². The summed E-state index contributed by atoms with van der Waals surface area (Å²) in [4.78, 5) is 0. The quantitative estimate of drug-likeness (QED) is 0.0865. The molecule has 6 aromatic carbocycles. The van der Waals surface area contributed by atoms with E-state index in [1.165, 1.54) is 86.9 Å². The molecule has 2 nitrogen and oxygen atoms in total. The lowest BCUT2D eigenvalue weighted by atomic mass is 9.92. The van der Waals surface area contributed by atoms with E-state index >= 15 is 0 Å². The molecule has 49 heavy (non-hydrogen) atoms. The fourth-order valence-electron chi connectivity index (χ4n) is 6.70. The molecule has 4 N–H and O–H groups in total. The minimum atomic E-state index is 0.810. The molecule has 2 heteroatoms. The third-order valence-corrected chi connectivity index (χ3v) is 9.63. The zero-order valence-corrected chi connectivity index (χ0v) is 29.0. The predicted molar refractivity (Wildman–Crippen MR) is 209 cm³/mol. The van der Waals surface area contributed by atoms with Crippen LogP contribution in [-0.4, -0.2) is 0 Å². The lowest BCUT2D eigenvalue weighted by Crippen LogP contribution is -2.00. The van der Waals surface area contributed by atoms with Crippen molar-refractivity contribution >= 4 is 11.4 Å². The Hall–Kier alpha value is -5.08. The fourth-order valence-corrected chi connectivity index (χ4v) is 6.70. The molecule has 0 spiro atoms. The third kappa shape index (κ3) is 10.2. The van der Waals surface area contributed by atoms with Gasteiger partial charge in [0, 0.05) is 11.4 Å². The van der Waals surface area contributed by atoms with Gasteiger partial charge in [-0.3, -0.25) is 0 Å². The first-order valence-electron chi connectivity index (χ1n) is 18.0. The second-order valence-electron chi connectivity index (χ2n) is 13.7. The zero-order chi connectivity index (χ0) is 33.8. The summed E-state index contributed by atoms with van der Waals surface area (Å²) in [6.45, 7) is 2.28. The Balaban J connectivity index is 1.03. The van der Waals surface area contributed by atoms with E-state index in [4.69, 9.17) is 11.5 Å². The molecule has 0 heterocycles. The summed E-state index contributed by atoms with van der Waals surface area (Å²) < 4.78 is 0. The van der Waals surface area contributed by atoms with Crippen molar-refractivity contribution in [2.75, 3.05) is 11.5 Å². The van der Waals surface area contributed by atoms with Crippen LogP contribution in [0.4, 0.5) is 11.4 Å². The highest BCUT2D eigenvalue weighted by atomic mass is 14.5. The minimum absolute atomic E-state index is 0.810. The summed E-state index contributed by atoms with van der Waals surface area (Å²) in [7, 11) is 0. The molecule has 0 aliphatic carbocycles. The van der Waals surface area contributed by atoms with Crippen LogP contribution in [0.1, 0.15) is 93.8 Å². The van der Waals surface area contributed by atoms with Gasteiger partial charge in [0.25, 0.3) is 0 Å². The first-order valence-corrected chi connectivity index (χ1v) is 18.0. The molecule has 0 radical (unpaired) electrons. The SMILES string of the molecule is CCCCCCc1cc(Cc2ccc(Cc3ccc(Cc4ccc(Cc5ccc(N)cc5)cc4)cc3)cc2)ccc1Cc1ccc(N)cc1. The van der Waals surface area contributed by atoms with E-state index < -0.39 is 0 Å². The van der Waals surface area contributed by atoms with E-state index in [2.05, 4.69) is 122 Å². The highest BCUT2D eigenvalue weighted by Gasteiger charge is 2.08. The van der Waals surface area contributed by atoms with Gasteiger partial charge in [-0.05, 0) is 130 Å². The highest BCUT2D eigenvalue weighted by Crippen LogP contribution is 2.23. The second kappa shape index (κ2) is 16.8. The van der Waals surface area contributed by atoms with E-state index in [1.807, 2.05) is 24.3 Å². The number of benzene rings is 6. The topological polar surface area (TPSA) is 52.0 Å². The lowest BCUT2D eigenvalue weighted by Gasteiger charge is -2.13. The number of nitrogen functional groups attached to an aromatic ring is 2. The van der Waals surface area contributed by atoms with Crippen LogP contribution in [-0.2, 0) is 38.5 Å². The molecule has 0 aromatic heterocycles. The zero-order valence-electron chi connectivity index (χ0n) is 29.0. The van der Waals surface area contributed by atoms with E-state index in [0.29, 0.717) is 0 Å². The number of hydrogen-bond donors (Lipinski definition) is 2. The maximum Gasteiger partial charge on any atom is 0.0314 e. The molecule has 0 saturated carbocycles. The summed E-state index contributed by atoms with van der Waals surface area (Å²) in [5.74, 6) is 0. The van der Waals surface area contributed by atoms with Crippen molar-refractivity contribution in [2.24, 2.45) is 0 Å². The fraction of sp³-hybridized carbons (Fsp3) is 0.234. The molecule has 248 valence electrons. The van der Waals surface area contributed by atoms with Gasteiger partial charge in [-0.1, -0.05) is 141 Å². The lowest BCUT2D eigenvalue weighted by molar-refractivity contribution is 0.665. The monoisotopic (exact) mass is 642 g/mol. The van der Waals surface area contributed by atoms with Gasteiger partial charge in [-0.15, -0.1) is 0 Å². The van der Waals surface area contributed by atoms with Crippen molar-refractivity contribution in [2.45, 2.75) is 71.1 Å². The molecule has 6 aromatic rings. The predicted octanol–water partition coefficient (Wildman–Crippen LogP) is 10.9. The Morgan fingerprint density at radius 2 is 0.653 bits per heavy atom. The molecule has 0 unspecified atom stereocenters. The van der Waals surface area contributed by atoms with Gasteiger partial charge in [-0.25, -0.2) is 0 Å². The number of rotatable bonds is 15. The number of anilines is 2. The number of aryl methyl sites for hydroxylation is 1. The average Bonchev–Trinajstić information content (AvgIpc) is 3.12. The van der Waals surface area contributed by atoms with Crippen molar-refractivity contribution in [1.29, 1.82) is 0 Å². The molecule has 0 aliphatic heterocycles. The van der Waals surface area contributed by atoms with Gasteiger partial charge < -0.3 is 11.5 Å². The van der Waals surface area contributed by atoms with Crippen molar-refractivity contribution < 1.29 is 0 Å². The number of unbranched alkanes of at least 4 members (excludes halogenated alkanes) is 3. The highest BCUT2D eigenvalue weighted by molar-refractivity contribution is 5.44. The maximum atomic E-state index is 5.93. The van der Waals surface area contributed by atoms with E-state index in [9.17, 15) is 0 Å². The molecular weight excluding hydrogens is 593 g/mol. The molecule has 0 aliphatic rings. The van der Waals surface area contributed by atoms with Gasteiger partial charge in [0.2, 0.25) is 0 Å². The minimum Gasteiger partial charge on any atom is -0.399 e. The molecule has 6 rings (SSSR count). The molecule has 0 atom stereocenters. The molecule has 0 fully saturated rings. The average molecular weight is 643 g/mol. The second-order valence-corrected chi connectivity index (χ2v) is 13.7. The summed E-state index contributed by atoms with van der Waals surface area (Å²) in [6, 6.07) is 51.0. The van der Waals surface area contributed by atoms with Gasteiger partial charge >= 0.3 is 0 Å². The smallest absolute Gasteiger partial charge is 0.0314 e. The summed E-state index contributed by atoms with van der Waals surface area (Å²) in [5, 5.41) is 0. The summed E-state index contributed by atoms with van der Waals surface area (Å²) in [5.41, 5.74) is 28.4. The van der Waals surface area contributed by atoms with Crippen LogP contribution in [0, 0.1) is 0 Å². The van der Waals surface area contributed by atoms with E-state index in [-0.39, 0.29) is 0 Å². The maximum absolute atomic E-state index is 5.93. The number of nitrogens with two attached hydrogens (primary N) is 2. The molecule has 0 bridgehead atoms. The molecule has 0 amide bonds. The van der Waals surface area contributed by atoms with E-state index in [1.54, 1.807) is 0 Å². The molecule has 0 saturated heterocycles. The van der Waals surface area contributed by atoms with Crippen molar-refractivity contribution in [1.82, 2.24) is 0 Å². The normalized spacial score (nSPS) is 11.1. The standard InChI is InChI=1S/C47H50N2/c1-2-3-4-5-6-44-34-43(19-24-45(44)33-42-22-27-47(49)28-23-42)32-40-17-15-38(16-18-40)30-36-9-7-35(8-10-36)29-37-11-13-39(14-12-37)31-41-20-25-46(48)26-21-41/h7-28,34H,2-6,29-33,48-49H2,1H3. The van der Waals surface area contributed by atoms with Crippen molar-refractivity contribution in [3.63, 3.8) is 0 Å². The Morgan fingerprint density at radius 1 is 0.327 bits per heavy atom. The Bertz CT molecular complexity index is 1880. The van der Waals surface area contributed by atoms with Crippen LogP contribution >= 0.6 is 0 Å². The van der Waals surface area contributed by atoms with Crippen LogP contribution in [0.15, 0.2) is 140 Å². The van der Waals surface area contributed by atoms with Gasteiger partial charge in [0.1, 0.15) is 0 Å². The molecular formula is C47H50N2. The number of hydrogen-bond acceptors (Lipinski definition) is 2. The first-order chi connectivity index (χ1) is 24.0. The van der Waals surface area contributed by atoms with Crippen LogP contribution in [0.25, 0.3) is 0 Å². The third-order valence-electron chi connectivity index (χ3n) is 9.63. The largest absolute Gasteiger partial charge is 0.399 e.